The number of aromatic nitrogens is 1. The molecule has 3 atom stereocenters. The minimum absolute atomic E-state index is 0.0422. The van der Waals surface area contributed by atoms with E-state index < -0.39 is 22.2 Å². The first-order valence-electron chi connectivity index (χ1n) is 11.5. The van der Waals surface area contributed by atoms with Crippen molar-refractivity contribution in [2.24, 2.45) is 5.92 Å². The van der Waals surface area contributed by atoms with Gasteiger partial charge in [-0.15, -0.1) is 0 Å². The number of sulfonamides is 1. The third-order valence-electron chi connectivity index (χ3n) is 6.01. The van der Waals surface area contributed by atoms with Crippen LogP contribution in [0.2, 0.25) is 0 Å². The zero-order chi connectivity index (χ0) is 24.9. The Labute approximate surface area is 201 Å². The predicted molar refractivity (Wildman–Crippen MR) is 130 cm³/mol. The van der Waals surface area contributed by atoms with Crippen LogP contribution >= 0.6 is 0 Å². The Balaban J connectivity index is 2.04. The first kappa shape index (κ1) is 25.9. The second-order valence-electron chi connectivity index (χ2n) is 8.75. The van der Waals surface area contributed by atoms with Crippen molar-refractivity contribution in [1.29, 1.82) is 0 Å². The van der Waals surface area contributed by atoms with E-state index in [0.29, 0.717) is 6.54 Å². The van der Waals surface area contributed by atoms with Gasteiger partial charge in [0, 0.05) is 44.5 Å². The number of urea groups is 1. The standard InChI is InChI=1S/C24H34N4O5S/c1-5-10-26-24(30)27(4)15-22-17(2)14-28(18(3)16-29)34(31,32)23-7-6-20(13-21(23)33-22)19-8-11-25-12-9-19/h6-9,11-13,17-18,22,29H,5,10,14-16H2,1-4H3,(H,26,30)/t17-,18+,22-/m1/s1. The molecule has 3 rings (SSSR count). The highest BCUT2D eigenvalue weighted by atomic mass is 32.2. The molecule has 186 valence electrons. The number of aliphatic hydroxyl groups excluding tert-OH is 1. The highest BCUT2D eigenvalue weighted by Gasteiger charge is 2.38. The van der Waals surface area contributed by atoms with E-state index in [9.17, 15) is 18.3 Å². The van der Waals surface area contributed by atoms with Crippen molar-refractivity contribution in [3.05, 3.63) is 42.7 Å². The predicted octanol–water partition coefficient (Wildman–Crippen LogP) is 2.57. The van der Waals surface area contributed by atoms with Gasteiger partial charge in [0.15, 0.2) is 0 Å². The van der Waals surface area contributed by atoms with E-state index in [0.717, 1.165) is 17.5 Å². The zero-order valence-corrected chi connectivity index (χ0v) is 21.0. The second-order valence-corrected chi connectivity index (χ2v) is 10.6. The highest BCUT2D eigenvalue weighted by Crippen LogP contribution is 2.36. The zero-order valence-electron chi connectivity index (χ0n) is 20.1. The number of rotatable bonds is 7. The van der Waals surface area contributed by atoms with Gasteiger partial charge in [0.1, 0.15) is 16.7 Å². The number of nitrogens with one attached hydrogen (secondary N) is 1. The number of aliphatic hydroxyl groups is 1. The lowest BCUT2D eigenvalue weighted by molar-refractivity contribution is 0.0813. The Morgan fingerprint density at radius 3 is 2.65 bits per heavy atom. The van der Waals surface area contributed by atoms with Crippen LogP contribution in [0.4, 0.5) is 4.79 Å². The number of likely N-dealkylation sites (N-methyl/N-ethyl adjacent to an activating group) is 1. The quantitative estimate of drug-likeness (QED) is 0.617. The number of ether oxygens (including phenoxy) is 1. The summed E-state index contributed by atoms with van der Waals surface area (Å²) in [5.41, 5.74) is 1.67. The fourth-order valence-electron chi connectivity index (χ4n) is 3.89. The third kappa shape index (κ3) is 5.68. The molecule has 2 aromatic rings. The van der Waals surface area contributed by atoms with Gasteiger partial charge < -0.3 is 20.1 Å². The first-order valence-corrected chi connectivity index (χ1v) is 13.0. The molecule has 0 bridgehead atoms. The Morgan fingerprint density at radius 2 is 2.00 bits per heavy atom. The molecule has 0 unspecified atom stereocenters. The molecule has 0 saturated carbocycles. The Bertz CT molecular complexity index is 1080. The van der Waals surface area contributed by atoms with Gasteiger partial charge >= 0.3 is 6.03 Å². The van der Waals surface area contributed by atoms with Gasteiger partial charge in [-0.05, 0) is 48.7 Å². The molecule has 34 heavy (non-hydrogen) atoms. The highest BCUT2D eigenvalue weighted by molar-refractivity contribution is 7.89. The van der Waals surface area contributed by atoms with Crippen LogP contribution in [-0.4, -0.2) is 79.2 Å². The van der Waals surface area contributed by atoms with Gasteiger partial charge in [-0.1, -0.05) is 19.9 Å². The molecular formula is C24H34N4O5S. The van der Waals surface area contributed by atoms with Gasteiger partial charge in [-0.25, -0.2) is 13.2 Å². The largest absolute Gasteiger partial charge is 0.487 e. The summed E-state index contributed by atoms with van der Waals surface area (Å²) in [6.45, 7) is 6.25. The number of carbonyl (C=O) groups excluding carboxylic acids is 1. The molecule has 1 aliphatic rings. The number of carbonyl (C=O) groups is 1. The molecule has 1 aromatic heterocycles. The Morgan fingerprint density at radius 1 is 1.29 bits per heavy atom. The fourth-order valence-corrected chi connectivity index (χ4v) is 5.71. The summed E-state index contributed by atoms with van der Waals surface area (Å²) in [6.07, 6.45) is 3.70. The second kappa shape index (κ2) is 11.2. The maximum atomic E-state index is 13.6. The molecular weight excluding hydrogens is 456 g/mol. The van der Waals surface area contributed by atoms with E-state index in [1.165, 1.54) is 4.31 Å². The molecule has 10 heteroatoms. The lowest BCUT2D eigenvalue weighted by Gasteiger charge is -2.37. The molecule has 0 spiro atoms. The van der Waals surface area contributed by atoms with Crippen LogP contribution in [0.1, 0.15) is 27.2 Å². The molecule has 0 aliphatic carbocycles. The van der Waals surface area contributed by atoms with E-state index in [1.54, 1.807) is 49.5 Å². The number of hydrogen-bond donors (Lipinski definition) is 2. The average Bonchev–Trinajstić information content (AvgIpc) is 2.84. The molecule has 1 aromatic carbocycles. The maximum absolute atomic E-state index is 13.6. The van der Waals surface area contributed by atoms with Crippen molar-refractivity contribution in [3.8, 4) is 16.9 Å². The molecule has 9 nitrogen and oxygen atoms in total. The number of nitrogens with zero attached hydrogens (tertiary/aromatic N) is 3. The van der Waals surface area contributed by atoms with E-state index in [-0.39, 0.29) is 42.3 Å². The topological polar surface area (TPSA) is 112 Å². The molecule has 2 amide bonds. The van der Waals surface area contributed by atoms with E-state index in [2.05, 4.69) is 10.3 Å². The lowest BCUT2D eigenvalue weighted by Crippen LogP contribution is -2.51. The first-order chi connectivity index (χ1) is 16.2. The van der Waals surface area contributed by atoms with Crippen LogP contribution in [0.5, 0.6) is 5.75 Å². The van der Waals surface area contributed by atoms with Gasteiger partial charge in [0.05, 0.1) is 13.2 Å². The SMILES string of the molecule is CCCNC(=O)N(C)C[C@H]1Oc2cc(-c3ccncc3)ccc2S(=O)(=O)N([C@@H](C)CO)C[C@H]1C. The number of fused-ring (bicyclic) bond motifs is 1. The summed E-state index contributed by atoms with van der Waals surface area (Å²) in [7, 11) is -2.23. The number of amides is 2. The van der Waals surface area contributed by atoms with E-state index in [1.807, 2.05) is 26.0 Å². The Kier molecular flexibility index (Phi) is 8.51. The minimum atomic E-state index is -3.92. The summed E-state index contributed by atoms with van der Waals surface area (Å²) in [5.74, 6) is -0.0219. The van der Waals surface area contributed by atoms with Gasteiger partial charge in [-0.2, -0.15) is 4.31 Å². The third-order valence-corrected chi connectivity index (χ3v) is 8.03. The number of benzene rings is 1. The van der Waals surface area contributed by atoms with Crippen LogP contribution in [0.15, 0.2) is 47.6 Å². The summed E-state index contributed by atoms with van der Waals surface area (Å²) < 4.78 is 34.8. The maximum Gasteiger partial charge on any atom is 0.317 e. The van der Waals surface area contributed by atoms with Crippen LogP contribution in [-0.2, 0) is 10.0 Å². The molecule has 0 fully saturated rings. The summed E-state index contributed by atoms with van der Waals surface area (Å²) >= 11 is 0. The fraction of sp³-hybridized carbons (Fsp3) is 0.500. The van der Waals surface area contributed by atoms with Crippen LogP contribution in [0.3, 0.4) is 0 Å². The van der Waals surface area contributed by atoms with E-state index >= 15 is 0 Å². The van der Waals surface area contributed by atoms with Gasteiger partial charge in [0.2, 0.25) is 10.0 Å². The number of pyridine rings is 1. The summed E-state index contributed by atoms with van der Waals surface area (Å²) in [5, 5.41) is 12.6. The molecule has 2 N–H and O–H groups in total. The number of hydrogen-bond acceptors (Lipinski definition) is 6. The van der Waals surface area contributed by atoms with Crippen molar-refractivity contribution in [2.45, 2.75) is 44.2 Å². The van der Waals surface area contributed by atoms with Crippen molar-refractivity contribution >= 4 is 16.1 Å². The molecule has 2 heterocycles. The smallest absolute Gasteiger partial charge is 0.317 e. The average molecular weight is 491 g/mol. The van der Waals surface area contributed by atoms with Crippen molar-refractivity contribution in [2.75, 3.05) is 33.3 Å². The molecule has 0 saturated heterocycles. The minimum Gasteiger partial charge on any atom is -0.487 e. The van der Waals surface area contributed by atoms with E-state index in [4.69, 9.17) is 4.74 Å². The lowest BCUT2D eigenvalue weighted by atomic mass is 10.0. The summed E-state index contributed by atoms with van der Waals surface area (Å²) in [4.78, 5) is 18.1. The van der Waals surface area contributed by atoms with Gasteiger partial charge in [0.25, 0.3) is 0 Å². The monoisotopic (exact) mass is 490 g/mol. The van der Waals surface area contributed by atoms with Crippen molar-refractivity contribution in [3.63, 3.8) is 0 Å². The van der Waals surface area contributed by atoms with Crippen LogP contribution in [0, 0.1) is 5.92 Å². The Hall–Kier alpha value is -2.69. The van der Waals surface area contributed by atoms with Gasteiger partial charge in [-0.3, -0.25) is 4.98 Å². The van der Waals surface area contributed by atoms with Crippen LogP contribution < -0.4 is 10.1 Å². The molecule has 0 radical (unpaired) electrons. The molecule has 1 aliphatic heterocycles. The van der Waals surface area contributed by atoms with Crippen LogP contribution in [0.25, 0.3) is 11.1 Å². The van der Waals surface area contributed by atoms with Crippen molar-refractivity contribution in [1.82, 2.24) is 19.5 Å². The normalized spacial score (nSPS) is 20.9. The summed E-state index contributed by atoms with van der Waals surface area (Å²) in [6, 6.07) is 7.86. The van der Waals surface area contributed by atoms with Crippen molar-refractivity contribution < 1.29 is 23.1 Å².